The van der Waals surface area contributed by atoms with Crippen molar-refractivity contribution in [1.29, 1.82) is 0 Å². The maximum atomic E-state index is 12.2. The molecule has 0 spiro atoms. The number of unbranched alkanes of at least 4 members (excludes halogenated alkanes) is 2. The van der Waals surface area contributed by atoms with Crippen LogP contribution in [0, 0.1) is 0 Å². The second-order valence-electron chi connectivity index (χ2n) is 7.37. The molecule has 0 radical (unpaired) electrons. The Morgan fingerprint density at radius 3 is 2.28 bits per heavy atom. The van der Waals surface area contributed by atoms with Gasteiger partial charge in [-0.3, -0.25) is 4.79 Å². The molecule has 0 atom stereocenters. The maximum absolute atomic E-state index is 12.2. The third-order valence-corrected chi connectivity index (χ3v) is 4.75. The molecule has 3 rings (SSSR count). The van der Waals surface area contributed by atoms with Crippen molar-refractivity contribution in [2.24, 2.45) is 0 Å². The van der Waals surface area contributed by atoms with Crippen LogP contribution in [0.3, 0.4) is 0 Å². The number of amides is 1. The summed E-state index contributed by atoms with van der Waals surface area (Å²) in [5.74, 6) is 0.126. The van der Waals surface area contributed by atoms with E-state index in [0.717, 1.165) is 24.3 Å². The summed E-state index contributed by atoms with van der Waals surface area (Å²) in [6.45, 7) is 4.13. The number of pyridine rings is 1. The molecule has 0 bridgehead atoms. The van der Waals surface area contributed by atoms with E-state index in [9.17, 15) is 4.79 Å². The second-order valence-corrected chi connectivity index (χ2v) is 7.37. The van der Waals surface area contributed by atoms with Gasteiger partial charge in [0.15, 0.2) is 0 Å². The van der Waals surface area contributed by atoms with E-state index < -0.39 is 0 Å². The van der Waals surface area contributed by atoms with Crippen molar-refractivity contribution >= 4 is 23.1 Å². The van der Waals surface area contributed by atoms with Gasteiger partial charge >= 0.3 is 0 Å². The number of anilines is 3. The zero-order valence-electron chi connectivity index (χ0n) is 18.6. The minimum absolute atomic E-state index is 0.0836. The molecular formula is C25H33N5O2. The van der Waals surface area contributed by atoms with Crippen LogP contribution in [-0.4, -0.2) is 22.5 Å². The quantitative estimate of drug-likeness (QED) is 0.256. The van der Waals surface area contributed by atoms with Crippen LogP contribution < -0.4 is 22.1 Å². The van der Waals surface area contributed by atoms with Gasteiger partial charge in [-0.1, -0.05) is 44.0 Å². The molecule has 7 heteroatoms. The number of nitrogen functional groups attached to an aromatic ring is 2. The van der Waals surface area contributed by atoms with Crippen LogP contribution in [0.2, 0.25) is 0 Å². The third-order valence-electron chi connectivity index (χ3n) is 4.75. The summed E-state index contributed by atoms with van der Waals surface area (Å²) in [6, 6.07) is 18.2. The molecule has 2 aromatic carbocycles. The van der Waals surface area contributed by atoms with Gasteiger partial charge in [-0.25, -0.2) is 4.98 Å². The molecule has 0 saturated heterocycles. The number of nitrogens with zero attached hydrogens (tertiary/aromatic N) is 1. The molecule has 0 aliphatic heterocycles. The molecule has 7 N–H and O–H groups in total. The van der Waals surface area contributed by atoms with Crippen LogP contribution in [0.4, 0.5) is 17.2 Å². The lowest BCUT2D eigenvalue weighted by Crippen LogP contribution is -2.15. The highest BCUT2D eigenvalue weighted by Crippen LogP contribution is 2.15. The average Bonchev–Trinajstić information content (AvgIpc) is 2.82. The predicted molar refractivity (Wildman–Crippen MR) is 131 cm³/mol. The number of benzene rings is 2. The summed E-state index contributed by atoms with van der Waals surface area (Å²) in [4.78, 5) is 16.1. The van der Waals surface area contributed by atoms with Crippen LogP contribution in [0.15, 0.2) is 66.9 Å². The van der Waals surface area contributed by atoms with E-state index in [2.05, 4.69) is 22.5 Å². The number of hydrogen-bond acceptors (Lipinski definition) is 6. The molecule has 0 aliphatic rings. The monoisotopic (exact) mass is 435 g/mol. The first-order valence-corrected chi connectivity index (χ1v) is 10.8. The Morgan fingerprint density at radius 1 is 0.969 bits per heavy atom. The highest BCUT2D eigenvalue weighted by atomic mass is 16.3. The van der Waals surface area contributed by atoms with E-state index in [0.29, 0.717) is 17.1 Å². The van der Waals surface area contributed by atoms with E-state index >= 15 is 0 Å². The van der Waals surface area contributed by atoms with Gasteiger partial charge in [0.2, 0.25) is 0 Å². The number of nitrogens with two attached hydrogens (primary N) is 2. The molecule has 0 fully saturated rings. The second kappa shape index (κ2) is 13.8. The van der Waals surface area contributed by atoms with Crippen LogP contribution in [0.25, 0.3) is 0 Å². The van der Waals surface area contributed by atoms with E-state index in [1.54, 1.807) is 42.6 Å². The number of carbonyl (C=O) groups is 1. The van der Waals surface area contributed by atoms with E-state index in [1.165, 1.54) is 24.8 Å². The normalized spacial score (nSPS) is 10.2. The molecule has 0 aliphatic carbocycles. The Morgan fingerprint density at radius 2 is 1.66 bits per heavy atom. The minimum atomic E-state index is -0.188. The molecule has 1 amide bonds. The van der Waals surface area contributed by atoms with Crippen LogP contribution >= 0.6 is 0 Å². The Kier molecular flexibility index (Phi) is 10.7. The molecule has 0 unspecified atom stereocenters. The molecule has 7 nitrogen and oxygen atoms in total. The van der Waals surface area contributed by atoms with Gasteiger partial charge in [0, 0.05) is 24.0 Å². The summed E-state index contributed by atoms with van der Waals surface area (Å²) in [6.07, 6.45) is 5.27. The van der Waals surface area contributed by atoms with Gasteiger partial charge in [0.1, 0.15) is 5.82 Å². The Labute approximate surface area is 189 Å². The number of aromatic nitrogens is 1. The van der Waals surface area contributed by atoms with Crippen LogP contribution in [0.5, 0.6) is 0 Å². The van der Waals surface area contributed by atoms with Gasteiger partial charge in [-0.2, -0.15) is 0 Å². The Hall–Kier alpha value is -3.42. The summed E-state index contributed by atoms with van der Waals surface area (Å²) < 4.78 is 0. The van der Waals surface area contributed by atoms with E-state index in [-0.39, 0.29) is 12.5 Å². The predicted octanol–water partition coefficient (Wildman–Crippen LogP) is 3.96. The van der Waals surface area contributed by atoms with Gasteiger partial charge in [0.25, 0.3) is 5.91 Å². The molecular weight excluding hydrogens is 402 g/mol. The average molecular weight is 436 g/mol. The summed E-state index contributed by atoms with van der Waals surface area (Å²) >= 11 is 0. The molecule has 0 saturated carbocycles. The molecule has 32 heavy (non-hydrogen) atoms. The lowest BCUT2D eigenvalue weighted by Gasteiger charge is -2.08. The first kappa shape index (κ1) is 24.8. The SMILES string of the molecule is CCCCCNCc1ccc(C(=O)Nc2cccnc2N)cc1.Nc1ccc(CO)cc1. The smallest absolute Gasteiger partial charge is 0.255 e. The highest BCUT2D eigenvalue weighted by Gasteiger charge is 2.08. The van der Waals surface area contributed by atoms with E-state index in [1.807, 2.05) is 24.3 Å². The fourth-order valence-corrected chi connectivity index (χ4v) is 2.85. The molecule has 3 aromatic rings. The van der Waals surface area contributed by atoms with Crippen molar-refractivity contribution < 1.29 is 9.90 Å². The van der Waals surface area contributed by atoms with Gasteiger partial charge < -0.3 is 27.2 Å². The van der Waals surface area contributed by atoms with Gasteiger partial charge in [-0.15, -0.1) is 0 Å². The summed E-state index contributed by atoms with van der Waals surface area (Å²) in [7, 11) is 0. The maximum Gasteiger partial charge on any atom is 0.255 e. The number of carbonyl (C=O) groups excluding carboxylic acids is 1. The first-order valence-electron chi connectivity index (χ1n) is 10.8. The number of rotatable bonds is 9. The van der Waals surface area contributed by atoms with Crippen LogP contribution in [-0.2, 0) is 13.2 Å². The Balaban J connectivity index is 0.000000336. The zero-order valence-corrected chi connectivity index (χ0v) is 18.6. The number of aliphatic hydroxyl groups is 1. The van der Waals surface area contributed by atoms with E-state index in [4.69, 9.17) is 16.6 Å². The largest absolute Gasteiger partial charge is 0.399 e. The number of aliphatic hydroxyl groups excluding tert-OH is 1. The zero-order chi connectivity index (χ0) is 23.2. The van der Waals surface area contributed by atoms with Crippen molar-refractivity contribution in [2.75, 3.05) is 23.3 Å². The van der Waals surface area contributed by atoms with Crippen LogP contribution in [0.1, 0.15) is 47.7 Å². The fraction of sp³-hybridized carbons (Fsp3) is 0.280. The van der Waals surface area contributed by atoms with Crippen molar-refractivity contribution in [1.82, 2.24) is 10.3 Å². The Bertz CT molecular complexity index is 943. The lowest BCUT2D eigenvalue weighted by molar-refractivity contribution is 0.102. The lowest BCUT2D eigenvalue weighted by atomic mass is 10.1. The highest BCUT2D eigenvalue weighted by molar-refractivity contribution is 6.05. The number of hydrogen-bond donors (Lipinski definition) is 5. The van der Waals surface area contributed by atoms with Crippen molar-refractivity contribution in [2.45, 2.75) is 39.3 Å². The standard InChI is InChI=1S/C18H24N4O.C7H9NO/c1-2-3-4-11-20-13-14-7-9-15(10-8-14)18(23)22-16-6-5-12-21-17(16)19;8-7-3-1-6(5-9)2-4-7/h5-10,12,20H,2-4,11,13H2,1H3,(H2,19,21)(H,22,23);1-4,9H,5,8H2. The number of nitrogens with one attached hydrogen (secondary N) is 2. The fourth-order valence-electron chi connectivity index (χ4n) is 2.85. The van der Waals surface area contributed by atoms with Crippen molar-refractivity contribution in [3.05, 3.63) is 83.6 Å². The van der Waals surface area contributed by atoms with Gasteiger partial charge in [0.05, 0.1) is 12.3 Å². The summed E-state index contributed by atoms with van der Waals surface area (Å²) in [5, 5.41) is 14.8. The topological polar surface area (TPSA) is 126 Å². The first-order chi connectivity index (χ1) is 15.5. The summed E-state index contributed by atoms with van der Waals surface area (Å²) in [5.41, 5.74) is 15.0. The molecule has 1 heterocycles. The van der Waals surface area contributed by atoms with Crippen molar-refractivity contribution in [3.63, 3.8) is 0 Å². The minimum Gasteiger partial charge on any atom is -0.399 e. The van der Waals surface area contributed by atoms with Crippen molar-refractivity contribution in [3.8, 4) is 0 Å². The molecule has 1 aromatic heterocycles. The van der Waals surface area contributed by atoms with Gasteiger partial charge in [-0.05, 0) is 60.5 Å². The molecule has 170 valence electrons. The third kappa shape index (κ3) is 8.75.